The Morgan fingerprint density at radius 3 is 2.80 bits per heavy atom. The van der Waals surface area contributed by atoms with Gasteiger partial charge >= 0.3 is 5.97 Å². The Morgan fingerprint density at radius 2 is 2.20 bits per heavy atom. The van der Waals surface area contributed by atoms with Crippen molar-refractivity contribution in [2.75, 3.05) is 19.9 Å². The fourth-order valence-electron chi connectivity index (χ4n) is 2.28. The van der Waals surface area contributed by atoms with Gasteiger partial charge in [-0.1, -0.05) is 6.92 Å². The summed E-state index contributed by atoms with van der Waals surface area (Å²) < 4.78 is 4.71. The van der Waals surface area contributed by atoms with Crippen LogP contribution >= 0.6 is 11.8 Å². The fourth-order valence-corrected chi connectivity index (χ4v) is 3.16. The number of esters is 1. The molecule has 0 spiro atoms. The summed E-state index contributed by atoms with van der Waals surface area (Å²) in [5.41, 5.74) is 0.133. The maximum Gasteiger partial charge on any atom is 0.331 e. The van der Waals surface area contributed by atoms with Crippen molar-refractivity contribution >= 4 is 35.0 Å². The summed E-state index contributed by atoms with van der Waals surface area (Å²) in [4.78, 5) is 36.8. The van der Waals surface area contributed by atoms with Gasteiger partial charge in [0.15, 0.2) is 11.8 Å². The highest BCUT2D eigenvalue weighted by Gasteiger charge is 2.50. The molecule has 1 aliphatic carbocycles. The van der Waals surface area contributed by atoms with Gasteiger partial charge in [-0.05, 0) is 12.2 Å². The molecule has 0 N–H and O–H groups in total. The number of allylic oxidation sites excluding steroid dienone is 2. The summed E-state index contributed by atoms with van der Waals surface area (Å²) in [5.74, 6) is -1.17. The molecule has 6 nitrogen and oxygen atoms in total. The van der Waals surface area contributed by atoms with Crippen LogP contribution in [0.5, 0.6) is 0 Å². The average molecular weight is 296 g/mol. The molecule has 2 aliphatic rings. The molecule has 0 aromatic rings. The van der Waals surface area contributed by atoms with Crippen LogP contribution in [-0.2, 0) is 19.1 Å². The van der Waals surface area contributed by atoms with Crippen LogP contribution in [0.15, 0.2) is 16.1 Å². The predicted molar refractivity (Wildman–Crippen MR) is 75.3 cm³/mol. The largest absolute Gasteiger partial charge is 0.467 e. The quantitative estimate of drug-likeness (QED) is 0.708. The number of likely N-dealkylation sites (N-methyl/N-ethyl adjacent to an activating group) is 1. The molecule has 0 bridgehead atoms. The molecule has 1 heterocycles. The van der Waals surface area contributed by atoms with E-state index in [0.717, 1.165) is 12.2 Å². The van der Waals surface area contributed by atoms with E-state index >= 15 is 0 Å². The van der Waals surface area contributed by atoms with Crippen LogP contribution in [0.1, 0.15) is 13.3 Å². The third kappa shape index (κ3) is 2.37. The number of carbonyl (C=O) groups excluding carboxylic acids is 3. The number of hydrogen-bond donors (Lipinski definition) is 0. The number of carbonyl (C=O) groups is 3. The molecule has 7 heteroatoms. The van der Waals surface area contributed by atoms with Crippen molar-refractivity contribution in [1.82, 2.24) is 5.01 Å². The Kier molecular flexibility index (Phi) is 4.27. The minimum absolute atomic E-state index is 0.133. The summed E-state index contributed by atoms with van der Waals surface area (Å²) in [6, 6.07) is -0.850. The highest BCUT2D eigenvalue weighted by Crippen LogP contribution is 2.33. The summed E-state index contributed by atoms with van der Waals surface area (Å²) in [5, 5.41) is 5.37. The second-order valence-electron chi connectivity index (χ2n) is 4.59. The molecule has 0 aromatic heterocycles. The zero-order valence-electron chi connectivity index (χ0n) is 11.6. The van der Waals surface area contributed by atoms with Crippen molar-refractivity contribution in [3.8, 4) is 0 Å². The third-order valence-electron chi connectivity index (χ3n) is 3.22. The lowest BCUT2D eigenvalue weighted by atomic mass is 9.85. The van der Waals surface area contributed by atoms with Gasteiger partial charge in [0.2, 0.25) is 5.78 Å². The molecular weight excluding hydrogens is 280 g/mol. The second-order valence-corrected chi connectivity index (χ2v) is 5.73. The zero-order valence-corrected chi connectivity index (χ0v) is 12.4. The van der Waals surface area contributed by atoms with E-state index in [1.54, 1.807) is 7.05 Å². The molecule has 2 atom stereocenters. The standard InChI is InChI=1S/C13H16N2O4S/c1-4-5-20-8-6-7(16)10-9(12(8)17)11(13(18)19-3)15(2)14-10/h6,9,11H,4-5H2,1-3H3. The smallest absolute Gasteiger partial charge is 0.331 e. The van der Waals surface area contributed by atoms with Crippen LogP contribution in [-0.4, -0.2) is 54.2 Å². The highest BCUT2D eigenvalue weighted by atomic mass is 32.2. The third-order valence-corrected chi connectivity index (χ3v) is 4.47. The van der Waals surface area contributed by atoms with Crippen LogP contribution in [0.3, 0.4) is 0 Å². The Balaban J connectivity index is 2.33. The number of ether oxygens (including phenoxy) is 1. The lowest BCUT2D eigenvalue weighted by Gasteiger charge is -2.24. The van der Waals surface area contributed by atoms with E-state index in [1.807, 2.05) is 6.92 Å². The first-order valence-corrected chi connectivity index (χ1v) is 7.32. The van der Waals surface area contributed by atoms with Gasteiger partial charge in [0, 0.05) is 13.1 Å². The first kappa shape index (κ1) is 14.8. The second kappa shape index (κ2) is 5.78. The molecule has 0 saturated carbocycles. The molecule has 0 fully saturated rings. The van der Waals surface area contributed by atoms with Crippen LogP contribution in [0, 0.1) is 5.92 Å². The summed E-state index contributed by atoms with van der Waals surface area (Å²) in [7, 11) is 2.82. The molecule has 2 unspecified atom stereocenters. The van der Waals surface area contributed by atoms with E-state index in [9.17, 15) is 14.4 Å². The average Bonchev–Trinajstić information content (AvgIpc) is 2.78. The van der Waals surface area contributed by atoms with Crippen molar-refractivity contribution in [3.05, 3.63) is 11.0 Å². The Morgan fingerprint density at radius 1 is 1.50 bits per heavy atom. The number of Topliss-reactive ketones (excluding diaryl/α,β-unsaturated/α-hetero) is 1. The molecule has 1 aliphatic heterocycles. The lowest BCUT2D eigenvalue weighted by Crippen LogP contribution is -2.46. The number of hydrogen-bond acceptors (Lipinski definition) is 7. The molecule has 2 rings (SSSR count). The molecule has 108 valence electrons. The normalized spacial score (nSPS) is 25.2. The van der Waals surface area contributed by atoms with E-state index in [1.165, 1.54) is 30.0 Å². The first-order valence-electron chi connectivity index (χ1n) is 6.33. The zero-order chi connectivity index (χ0) is 14.9. The summed E-state index contributed by atoms with van der Waals surface area (Å²) in [6.07, 6.45) is 2.22. The Bertz CT molecular complexity index is 526. The van der Waals surface area contributed by atoms with Crippen molar-refractivity contribution in [2.45, 2.75) is 19.4 Å². The minimum Gasteiger partial charge on any atom is -0.467 e. The van der Waals surface area contributed by atoms with Gasteiger partial charge in [-0.2, -0.15) is 5.10 Å². The van der Waals surface area contributed by atoms with Gasteiger partial charge in [0.05, 0.1) is 12.0 Å². The van der Waals surface area contributed by atoms with Crippen LogP contribution in [0.25, 0.3) is 0 Å². The lowest BCUT2D eigenvalue weighted by molar-refractivity contribution is -0.148. The maximum atomic E-state index is 12.5. The monoisotopic (exact) mass is 296 g/mol. The summed E-state index contributed by atoms with van der Waals surface area (Å²) in [6.45, 7) is 2.00. The molecule has 0 amide bonds. The number of methoxy groups -OCH3 is 1. The number of rotatable bonds is 4. The van der Waals surface area contributed by atoms with E-state index in [0.29, 0.717) is 4.91 Å². The number of hydrazone groups is 1. The van der Waals surface area contributed by atoms with Crippen molar-refractivity contribution in [2.24, 2.45) is 11.0 Å². The van der Waals surface area contributed by atoms with Gasteiger partial charge < -0.3 is 4.74 Å². The SMILES string of the molecule is CCCSC1=CC(=O)C2=NN(C)C(C(=O)OC)C2C1=O. The predicted octanol–water partition coefficient (Wildman–Crippen LogP) is 0.624. The Labute approximate surface area is 121 Å². The van der Waals surface area contributed by atoms with Gasteiger partial charge in [0.25, 0.3) is 0 Å². The molecule has 20 heavy (non-hydrogen) atoms. The van der Waals surface area contributed by atoms with Crippen LogP contribution in [0.4, 0.5) is 0 Å². The molecule has 0 aromatic carbocycles. The fraction of sp³-hybridized carbons (Fsp3) is 0.538. The summed E-state index contributed by atoms with van der Waals surface area (Å²) >= 11 is 1.35. The van der Waals surface area contributed by atoms with E-state index < -0.39 is 17.9 Å². The van der Waals surface area contributed by atoms with Crippen molar-refractivity contribution in [1.29, 1.82) is 0 Å². The van der Waals surface area contributed by atoms with Crippen molar-refractivity contribution in [3.63, 3.8) is 0 Å². The number of thioether (sulfide) groups is 1. The van der Waals surface area contributed by atoms with Gasteiger partial charge in [-0.15, -0.1) is 11.8 Å². The number of ketones is 2. The topological polar surface area (TPSA) is 76.0 Å². The van der Waals surface area contributed by atoms with Gasteiger partial charge in [0.1, 0.15) is 11.6 Å². The van der Waals surface area contributed by atoms with E-state index in [4.69, 9.17) is 4.74 Å². The van der Waals surface area contributed by atoms with Gasteiger partial charge in [-0.3, -0.25) is 14.6 Å². The van der Waals surface area contributed by atoms with Crippen molar-refractivity contribution < 1.29 is 19.1 Å². The Hall–Kier alpha value is -1.63. The minimum atomic E-state index is -0.850. The number of nitrogens with zero attached hydrogens (tertiary/aromatic N) is 2. The highest BCUT2D eigenvalue weighted by molar-refractivity contribution is 8.04. The molecule has 0 saturated heterocycles. The number of fused-ring (bicyclic) bond motifs is 1. The van der Waals surface area contributed by atoms with Crippen LogP contribution < -0.4 is 0 Å². The maximum absolute atomic E-state index is 12.5. The first-order chi connectivity index (χ1) is 9.51. The van der Waals surface area contributed by atoms with E-state index in [-0.39, 0.29) is 17.3 Å². The molecular formula is C13H16N2O4S. The van der Waals surface area contributed by atoms with Gasteiger partial charge in [-0.25, -0.2) is 4.79 Å². The van der Waals surface area contributed by atoms with Crippen LogP contribution in [0.2, 0.25) is 0 Å². The van der Waals surface area contributed by atoms with E-state index in [2.05, 4.69) is 5.10 Å². The molecule has 0 radical (unpaired) electrons.